The van der Waals surface area contributed by atoms with Crippen LogP contribution in [-0.2, 0) is 9.53 Å². The number of carbonyl (C=O) groups is 1. The van der Waals surface area contributed by atoms with Crippen molar-refractivity contribution >= 4 is 28.9 Å². The van der Waals surface area contributed by atoms with Crippen LogP contribution in [0.4, 0.5) is 11.4 Å². The summed E-state index contributed by atoms with van der Waals surface area (Å²) >= 11 is 5.67. The van der Waals surface area contributed by atoms with Crippen LogP contribution in [0.15, 0.2) is 18.2 Å². The maximum atomic E-state index is 11.6. The van der Waals surface area contributed by atoms with E-state index in [4.69, 9.17) is 16.3 Å². The van der Waals surface area contributed by atoms with Gasteiger partial charge in [0.25, 0.3) is 5.69 Å². The third-order valence-corrected chi connectivity index (χ3v) is 2.93. The van der Waals surface area contributed by atoms with Crippen LogP contribution in [0.25, 0.3) is 0 Å². The van der Waals surface area contributed by atoms with Crippen molar-refractivity contribution in [2.45, 2.75) is 6.42 Å². The van der Waals surface area contributed by atoms with E-state index >= 15 is 0 Å². The van der Waals surface area contributed by atoms with Crippen molar-refractivity contribution in [3.8, 4) is 0 Å². The highest BCUT2D eigenvalue weighted by atomic mass is 35.5. The van der Waals surface area contributed by atoms with Gasteiger partial charge in [0.1, 0.15) is 5.02 Å². The fourth-order valence-corrected chi connectivity index (χ4v) is 1.79. The minimum atomic E-state index is -0.586. The molecular weight excluding hydrogens is 260 g/mol. The Kier molecular flexibility index (Phi) is 3.78. The molecule has 2 rings (SSSR count). The highest BCUT2D eigenvalue weighted by Gasteiger charge is 2.22. The van der Waals surface area contributed by atoms with Gasteiger partial charge in [-0.1, -0.05) is 11.6 Å². The Morgan fingerprint density at radius 1 is 1.56 bits per heavy atom. The molecule has 0 aliphatic carbocycles. The summed E-state index contributed by atoms with van der Waals surface area (Å²) in [6, 6.07) is 4.17. The lowest BCUT2D eigenvalue weighted by Gasteiger charge is -2.25. The predicted octanol–water partition coefficient (Wildman–Crippen LogP) is 2.22. The number of nitro groups is 1. The number of amides is 1. The van der Waals surface area contributed by atoms with E-state index in [-0.39, 0.29) is 22.5 Å². The van der Waals surface area contributed by atoms with Crippen molar-refractivity contribution in [1.82, 2.24) is 0 Å². The topological polar surface area (TPSA) is 81.5 Å². The zero-order valence-electron chi connectivity index (χ0n) is 9.39. The Balaban J connectivity index is 2.02. The van der Waals surface area contributed by atoms with Crippen molar-refractivity contribution in [3.63, 3.8) is 0 Å². The molecule has 0 radical (unpaired) electrons. The number of nitrogens with zero attached hydrogens (tertiary/aromatic N) is 1. The molecular formula is C11H11ClN2O4. The van der Waals surface area contributed by atoms with E-state index in [0.29, 0.717) is 25.3 Å². The molecule has 0 aromatic heterocycles. The lowest BCUT2D eigenvalue weighted by Crippen LogP contribution is -2.31. The molecule has 1 N–H and O–H groups in total. The zero-order chi connectivity index (χ0) is 13.1. The summed E-state index contributed by atoms with van der Waals surface area (Å²) in [5.74, 6) is 0.0622. The van der Waals surface area contributed by atoms with E-state index in [1.54, 1.807) is 0 Å². The summed E-state index contributed by atoms with van der Waals surface area (Å²) in [7, 11) is 0. The van der Waals surface area contributed by atoms with Crippen LogP contribution < -0.4 is 5.32 Å². The van der Waals surface area contributed by atoms with Crippen LogP contribution in [0.5, 0.6) is 0 Å². The molecule has 1 amide bonds. The zero-order valence-corrected chi connectivity index (χ0v) is 10.1. The summed E-state index contributed by atoms with van der Waals surface area (Å²) < 4.78 is 4.97. The Labute approximate surface area is 108 Å². The number of benzene rings is 1. The molecule has 6 nitrogen and oxygen atoms in total. The van der Waals surface area contributed by atoms with E-state index in [9.17, 15) is 14.9 Å². The first-order valence-electron chi connectivity index (χ1n) is 5.38. The molecule has 0 atom stereocenters. The van der Waals surface area contributed by atoms with Crippen LogP contribution in [0, 0.1) is 16.0 Å². The molecule has 1 fully saturated rings. The quantitative estimate of drug-likeness (QED) is 0.672. The van der Waals surface area contributed by atoms with Gasteiger partial charge >= 0.3 is 0 Å². The molecule has 1 aromatic rings. The van der Waals surface area contributed by atoms with Gasteiger partial charge in [0.05, 0.1) is 18.1 Å². The number of nitrogens with one attached hydrogen (secondary N) is 1. The molecule has 1 aliphatic heterocycles. The third-order valence-electron chi connectivity index (χ3n) is 2.61. The Morgan fingerprint density at radius 2 is 2.28 bits per heavy atom. The van der Waals surface area contributed by atoms with Crippen molar-refractivity contribution in [2.75, 3.05) is 18.5 Å². The van der Waals surface area contributed by atoms with E-state index in [1.165, 1.54) is 18.2 Å². The number of ether oxygens (including phenoxy) is 1. The van der Waals surface area contributed by atoms with Gasteiger partial charge in [0.2, 0.25) is 5.91 Å². The van der Waals surface area contributed by atoms with Crippen molar-refractivity contribution in [1.29, 1.82) is 0 Å². The summed E-state index contributed by atoms with van der Waals surface area (Å²) in [5.41, 5.74) is 0.151. The highest BCUT2D eigenvalue weighted by molar-refractivity contribution is 6.32. The normalized spacial score (nSPS) is 14.9. The summed E-state index contributed by atoms with van der Waals surface area (Å²) in [6.45, 7) is 1.18. The molecule has 96 valence electrons. The van der Waals surface area contributed by atoms with Gasteiger partial charge in [0.15, 0.2) is 0 Å². The van der Waals surface area contributed by atoms with Gasteiger partial charge in [-0.15, -0.1) is 0 Å². The van der Waals surface area contributed by atoms with Crippen LogP contribution in [0.2, 0.25) is 5.02 Å². The molecule has 1 aliphatic rings. The maximum Gasteiger partial charge on any atom is 0.289 e. The van der Waals surface area contributed by atoms with Crippen LogP contribution >= 0.6 is 11.6 Å². The number of rotatable bonds is 4. The van der Waals surface area contributed by atoms with E-state index in [0.717, 1.165) is 0 Å². The lowest BCUT2D eigenvalue weighted by atomic mass is 10.0. The first-order valence-corrected chi connectivity index (χ1v) is 5.75. The monoisotopic (exact) mass is 270 g/mol. The number of carbonyl (C=O) groups excluding carboxylic acids is 1. The van der Waals surface area contributed by atoms with E-state index in [1.807, 2.05) is 0 Å². The smallest absolute Gasteiger partial charge is 0.289 e. The fourth-order valence-electron chi connectivity index (χ4n) is 1.61. The average Bonchev–Trinajstić information content (AvgIpc) is 2.26. The first kappa shape index (κ1) is 12.8. The standard InChI is InChI=1S/C11H11ClN2O4/c12-9-2-1-8(4-10(9)14(16)17)13-11(15)3-7-5-18-6-7/h1-2,4,7H,3,5-6H2,(H,13,15). The molecule has 7 heteroatoms. The molecule has 0 unspecified atom stereocenters. The minimum absolute atomic E-state index is 0.0467. The highest BCUT2D eigenvalue weighted by Crippen LogP contribution is 2.27. The van der Waals surface area contributed by atoms with E-state index < -0.39 is 4.92 Å². The van der Waals surface area contributed by atoms with Crippen LogP contribution in [0.1, 0.15) is 6.42 Å². The largest absolute Gasteiger partial charge is 0.381 e. The number of anilines is 1. The van der Waals surface area contributed by atoms with Crippen molar-refractivity contribution in [2.24, 2.45) is 5.92 Å². The molecule has 1 saturated heterocycles. The third kappa shape index (κ3) is 2.96. The summed E-state index contributed by atoms with van der Waals surface area (Å²) in [5, 5.41) is 13.3. The van der Waals surface area contributed by atoms with Gasteiger partial charge in [-0.05, 0) is 12.1 Å². The first-order chi connectivity index (χ1) is 8.56. The summed E-state index contributed by atoms with van der Waals surface area (Å²) in [4.78, 5) is 21.7. The fraction of sp³-hybridized carbons (Fsp3) is 0.364. The van der Waals surface area contributed by atoms with Crippen LogP contribution in [-0.4, -0.2) is 24.0 Å². The minimum Gasteiger partial charge on any atom is -0.381 e. The molecule has 1 aromatic carbocycles. The van der Waals surface area contributed by atoms with Gasteiger partial charge in [-0.3, -0.25) is 14.9 Å². The Hall–Kier alpha value is -1.66. The molecule has 0 bridgehead atoms. The number of halogens is 1. The van der Waals surface area contributed by atoms with Crippen molar-refractivity contribution < 1.29 is 14.5 Å². The summed E-state index contributed by atoms with van der Waals surface area (Å²) in [6.07, 6.45) is 0.358. The SMILES string of the molecule is O=C(CC1COC1)Nc1ccc(Cl)c([N+](=O)[O-])c1. The number of hydrogen-bond donors (Lipinski definition) is 1. The second-order valence-electron chi connectivity index (χ2n) is 4.08. The van der Waals surface area contributed by atoms with Gasteiger partial charge in [-0.25, -0.2) is 0 Å². The lowest BCUT2D eigenvalue weighted by molar-refractivity contribution is -0.384. The second-order valence-corrected chi connectivity index (χ2v) is 4.49. The van der Waals surface area contributed by atoms with Gasteiger partial charge in [-0.2, -0.15) is 0 Å². The van der Waals surface area contributed by atoms with Gasteiger partial charge in [0, 0.05) is 24.1 Å². The molecule has 1 heterocycles. The number of nitro benzene ring substituents is 1. The number of hydrogen-bond acceptors (Lipinski definition) is 4. The van der Waals surface area contributed by atoms with E-state index in [2.05, 4.69) is 5.32 Å². The Bertz CT molecular complexity index is 488. The molecule has 0 saturated carbocycles. The molecule has 18 heavy (non-hydrogen) atoms. The predicted molar refractivity (Wildman–Crippen MR) is 65.7 cm³/mol. The second kappa shape index (κ2) is 5.32. The Morgan fingerprint density at radius 3 is 2.83 bits per heavy atom. The van der Waals surface area contributed by atoms with Crippen LogP contribution in [0.3, 0.4) is 0 Å². The van der Waals surface area contributed by atoms with Crippen molar-refractivity contribution in [3.05, 3.63) is 33.3 Å². The maximum absolute atomic E-state index is 11.6. The van der Waals surface area contributed by atoms with Gasteiger partial charge < -0.3 is 10.1 Å². The molecule has 0 spiro atoms. The average molecular weight is 271 g/mol.